The van der Waals surface area contributed by atoms with Gasteiger partial charge in [-0.1, -0.05) is 25.1 Å². The lowest BCUT2D eigenvalue weighted by atomic mass is 9.96. The van der Waals surface area contributed by atoms with Gasteiger partial charge in [0, 0.05) is 13.3 Å². The number of hydrogen-bond donors (Lipinski definition) is 2. The van der Waals surface area contributed by atoms with Gasteiger partial charge in [0.25, 0.3) is 0 Å². The fourth-order valence-corrected chi connectivity index (χ4v) is 6.33. The highest BCUT2D eigenvalue weighted by atomic mass is 31.2. The normalized spacial score (nSPS) is 23.3. The van der Waals surface area contributed by atoms with Crippen molar-refractivity contribution in [3.05, 3.63) is 54.5 Å². The molecular weight excluding hydrogens is 609 g/mol. The van der Waals surface area contributed by atoms with Gasteiger partial charge in [-0.05, 0) is 52.0 Å². The SMILES string of the molecule is CCC(=O)O[C@H]1[C@H](c2ccc3c(N)ncnn23)O[C@](C)(COP(=O)(N[C@@H](C)C(=O)OC(C)C)Oc2ccccc2)[C@H]1OC(C)=O. The molecule has 3 aromatic rings. The third-order valence-electron chi connectivity index (χ3n) is 6.79. The first kappa shape index (κ1) is 33.8. The highest BCUT2D eigenvalue weighted by Gasteiger charge is 2.58. The topological polar surface area (TPSA) is 192 Å². The Morgan fingerprint density at radius 1 is 1.13 bits per heavy atom. The molecule has 1 unspecified atom stereocenters. The van der Waals surface area contributed by atoms with E-state index in [1.54, 1.807) is 70.2 Å². The summed E-state index contributed by atoms with van der Waals surface area (Å²) < 4.78 is 50.5. The number of nitrogen functional groups attached to an aromatic ring is 1. The average molecular weight is 648 g/mol. The second-order valence-corrected chi connectivity index (χ2v) is 12.6. The molecule has 1 fully saturated rings. The molecule has 1 aliphatic heterocycles. The molecule has 2 aromatic heterocycles. The number of nitrogens with zero attached hydrogens (tertiary/aromatic N) is 3. The number of fused-ring (bicyclic) bond motifs is 1. The molecule has 16 heteroatoms. The van der Waals surface area contributed by atoms with Gasteiger partial charge < -0.3 is 29.2 Å². The largest absolute Gasteiger partial charge is 0.462 e. The summed E-state index contributed by atoms with van der Waals surface area (Å²) in [5, 5.41) is 6.88. The highest BCUT2D eigenvalue weighted by Crippen LogP contribution is 2.49. The summed E-state index contributed by atoms with van der Waals surface area (Å²) in [4.78, 5) is 41.5. The molecule has 0 amide bonds. The van der Waals surface area contributed by atoms with Crippen LogP contribution in [0.1, 0.15) is 59.8 Å². The molecule has 6 atom stereocenters. The maximum absolute atomic E-state index is 14.2. The Bertz CT molecular complexity index is 1570. The lowest BCUT2D eigenvalue weighted by molar-refractivity contribution is -0.170. The van der Waals surface area contributed by atoms with Gasteiger partial charge in [0.15, 0.2) is 18.0 Å². The van der Waals surface area contributed by atoms with Gasteiger partial charge in [-0.15, -0.1) is 0 Å². The van der Waals surface area contributed by atoms with Crippen molar-refractivity contribution in [2.45, 2.75) is 84.0 Å². The molecule has 0 saturated carbocycles. The van der Waals surface area contributed by atoms with E-state index in [0.717, 1.165) is 0 Å². The molecule has 0 radical (unpaired) electrons. The number of anilines is 1. The zero-order chi connectivity index (χ0) is 32.9. The van der Waals surface area contributed by atoms with E-state index in [4.69, 9.17) is 33.7 Å². The van der Waals surface area contributed by atoms with Gasteiger partial charge in [0.2, 0.25) is 0 Å². The van der Waals surface area contributed by atoms with Gasteiger partial charge in [-0.3, -0.25) is 18.9 Å². The Morgan fingerprint density at radius 3 is 2.49 bits per heavy atom. The number of rotatable bonds is 13. The predicted molar refractivity (Wildman–Crippen MR) is 160 cm³/mol. The van der Waals surface area contributed by atoms with Crippen LogP contribution >= 0.6 is 7.75 Å². The van der Waals surface area contributed by atoms with E-state index in [1.807, 2.05) is 0 Å². The fraction of sp³-hybridized carbons (Fsp3) is 0.483. The predicted octanol–water partition coefficient (Wildman–Crippen LogP) is 3.53. The van der Waals surface area contributed by atoms with Gasteiger partial charge >= 0.3 is 25.7 Å². The quantitative estimate of drug-likeness (QED) is 0.155. The van der Waals surface area contributed by atoms with Crippen LogP contribution in [0, 0.1) is 0 Å². The Labute approximate surface area is 260 Å². The number of carbonyl (C=O) groups is 3. The number of ether oxygens (including phenoxy) is 4. The minimum absolute atomic E-state index is 0.0294. The second kappa shape index (κ2) is 13.9. The van der Waals surface area contributed by atoms with E-state index in [9.17, 15) is 18.9 Å². The minimum atomic E-state index is -4.35. The molecule has 3 N–H and O–H groups in total. The van der Waals surface area contributed by atoms with Crippen molar-refractivity contribution in [3.63, 3.8) is 0 Å². The van der Waals surface area contributed by atoms with Crippen LogP contribution in [0.25, 0.3) is 5.52 Å². The lowest BCUT2D eigenvalue weighted by Gasteiger charge is -2.32. The molecule has 244 valence electrons. The first-order valence-corrected chi connectivity index (χ1v) is 15.9. The lowest BCUT2D eigenvalue weighted by Crippen LogP contribution is -2.48. The molecule has 1 saturated heterocycles. The zero-order valence-corrected chi connectivity index (χ0v) is 26.8. The molecule has 0 spiro atoms. The van der Waals surface area contributed by atoms with E-state index in [0.29, 0.717) is 11.2 Å². The number of hydrogen-bond acceptors (Lipinski definition) is 13. The molecule has 15 nitrogen and oxygen atoms in total. The molecule has 1 aliphatic rings. The van der Waals surface area contributed by atoms with Crippen LogP contribution in [0.15, 0.2) is 48.8 Å². The van der Waals surface area contributed by atoms with Crippen molar-refractivity contribution in [1.29, 1.82) is 0 Å². The van der Waals surface area contributed by atoms with Crippen LogP contribution in [0.5, 0.6) is 5.75 Å². The van der Waals surface area contributed by atoms with E-state index in [-0.39, 0.29) is 18.0 Å². The summed E-state index contributed by atoms with van der Waals surface area (Å²) in [5.74, 6) is -1.56. The molecule has 4 rings (SSSR count). The number of nitrogens with two attached hydrogens (primary N) is 1. The monoisotopic (exact) mass is 647 g/mol. The van der Waals surface area contributed by atoms with E-state index < -0.39 is 68.3 Å². The maximum Gasteiger partial charge on any atom is 0.459 e. The molecular formula is C29H38N5O10P. The van der Waals surface area contributed by atoms with Crippen molar-refractivity contribution in [2.75, 3.05) is 12.3 Å². The number of esters is 3. The van der Waals surface area contributed by atoms with Crippen LogP contribution < -0.4 is 15.3 Å². The van der Waals surface area contributed by atoms with E-state index in [1.165, 1.54) is 24.7 Å². The minimum Gasteiger partial charge on any atom is -0.462 e. The molecule has 3 heterocycles. The molecule has 0 aliphatic carbocycles. The third-order valence-corrected chi connectivity index (χ3v) is 8.42. The maximum atomic E-state index is 14.2. The Kier molecular flexibility index (Phi) is 10.5. The third kappa shape index (κ3) is 7.98. The van der Waals surface area contributed by atoms with Crippen LogP contribution in [0.3, 0.4) is 0 Å². The van der Waals surface area contributed by atoms with Gasteiger partial charge in [-0.25, -0.2) is 14.1 Å². The summed E-state index contributed by atoms with van der Waals surface area (Å²) in [7, 11) is -4.35. The number of para-hydroxylation sites is 1. The molecule has 0 bridgehead atoms. The number of benzene rings is 1. The Balaban J connectivity index is 1.71. The number of aromatic nitrogens is 3. The summed E-state index contributed by atoms with van der Waals surface area (Å²) in [5.41, 5.74) is 5.34. The van der Waals surface area contributed by atoms with Crippen molar-refractivity contribution >= 4 is 37.0 Å². The van der Waals surface area contributed by atoms with Crippen molar-refractivity contribution in [2.24, 2.45) is 0 Å². The Hall–Kier alpha value is -4.04. The summed E-state index contributed by atoms with van der Waals surface area (Å²) in [6.07, 6.45) is -2.59. The number of nitrogens with one attached hydrogen (secondary N) is 1. The van der Waals surface area contributed by atoms with Crippen LogP contribution in [-0.2, 0) is 42.4 Å². The summed E-state index contributed by atoms with van der Waals surface area (Å²) >= 11 is 0. The zero-order valence-electron chi connectivity index (χ0n) is 25.9. The first-order chi connectivity index (χ1) is 21.2. The van der Waals surface area contributed by atoms with Crippen LogP contribution in [-0.4, -0.2) is 69.1 Å². The Morgan fingerprint density at radius 2 is 1.84 bits per heavy atom. The van der Waals surface area contributed by atoms with Gasteiger partial charge in [0.05, 0.1) is 18.4 Å². The van der Waals surface area contributed by atoms with Crippen LogP contribution in [0.4, 0.5) is 5.82 Å². The van der Waals surface area contributed by atoms with Crippen molar-refractivity contribution in [1.82, 2.24) is 19.7 Å². The van der Waals surface area contributed by atoms with Crippen LogP contribution in [0.2, 0.25) is 0 Å². The smallest absolute Gasteiger partial charge is 0.459 e. The fourth-order valence-electron chi connectivity index (χ4n) is 4.74. The number of carbonyl (C=O) groups excluding carboxylic acids is 3. The standard InChI is InChI=1S/C29H38N5O10P/c1-7-23(36)42-25-24(21-13-14-22-27(30)31-16-32-34(21)22)43-29(6,26(25)41-19(5)35)15-39-45(38,44-20-11-9-8-10-12-20)33-18(4)28(37)40-17(2)3/h8-14,16-18,24-26H,7,15H2,1-6H3,(H,33,38)(H2,30,31,32)/t18-,24-,25-,26-,29+,45?/m0/s1. The summed E-state index contributed by atoms with van der Waals surface area (Å²) in [6.45, 7) is 8.67. The van der Waals surface area contributed by atoms with Gasteiger partial charge in [-0.2, -0.15) is 10.2 Å². The highest BCUT2D eigenvalue weighted by molar-refractivity contribution is 7.52. The summed E-state index contributed by atoms with van der Waals surface area (Å²) in [6, 6.07) is 10.4. The second-order valence-electron chi connectivity index (χ2n) is 10.9. The van der Waals surface area contributed by atoms with E-state index >= 15 is 0 Å². The molecule has 1 aromatic carbocycles. The van der Waals surface area contributed by atoms with Crippen molar-refractivity contribution in [3.8, 4) is 5.75 Å². The van der Waals surface area contributed by atoms with Gasteiger partial charge in [0.1, 0.15) is 35.3 Å². The molecule has 45 heavy (non-hydrogen) atoms. The average Bonchev–Trinajstić information content (AvgIpc) is 3.52. The van der Waals surface area contributed by atoms with E-state index in [2.05, 4.69) is 15.2 Å². The van der Waals surface area contributed by atoms with Crippen molar-refractivity contribution < 1.29 is 46.9 Å². The first-order valence-electron chi connectivity index (χ1n) is 14.4.